The van der Waals surface area contributed by atoms with Crippen LogP contribution in [0.3, 0.4) is 0 Å². The van der Waals surface area contributed by atoms with E-state index in [1.54, 1.807) is 12.1 Å². The van der Waals surface area contributed by atoms with Gasteiger partial charge in [-0.15, -0.1) is 0 Å². The minimum atomic E-state index is -3.67. The molecule has 2 saturated heterocycles. The van der Waals surface area contributed by atoms with Crippen LogP contribution >= 0.6 is 0 Å². The molecule has 2 aliphatic heterocycles. The molecule has 0 radical (unpaired) electrons. The van der Waals surface area contributed by atoms with E-state index in [0.29, 0.717) is 18.5 Å². The molecule has 0 saturated carbocycles. The van der Waals surface area contributed by atoms with Crippen LogP contribution in [0.25, 0.3) is 0 Å². The van der Waals surface area contributed by atoms with Crippen molar-refractivity contribution in [3.8, 4) is 0 Å². The van der Waals surface area contributed by atoms with Crippen molar-refractivity contribution in [2.24, 2.45) is 0 Å². The van der Waals surface area contributed by atoms with Crippen molar-refractivity contribution in [3.63, 3.8) is 0 Å². The van der Waals surface area contributed by atoms with Gasteiger partial charge < -0.3 is 20.4 Å². The molecule has 1 aromatic rings. The molecule has 10 nitrogen and oxygen atoms in total. The van der Waals surface area contributed by atoms with Gasteiger partial charge in [0.25, 0.3) is 5.91 Å². The van der Waals surface area contributed by atoms with E-state index in [4.69, 9.17) is 0 Å². The maximum atomic E-state index is 13.0. The first-order valence-electron chi connectivity index (χ1n) is 10.2. The number of nitrogens with one attached hydrogen (secondary N) is 2. The molecular formula is C20H29N5O5S. The summed E-state index contributed by atoms with van der Waals surface area (Å²) >= 11 is 0. The molecule has 2 N–H and O–H groups in total. The first kappa shape index (κ1) is 23.0. The number of piperazine rings is 1. The highest BCUT2D eigenvalue weighted by atomic mass is 32.2. The van der Waals surface area contributed by atoms with E-state index in [1.807, 2.05) is 31.1 Å². The minimum Gasteiger partial charge on any atom is -0.378 e. The second kappa shape index (κ2) is 9.23. The third-order valence-corrected chi connectivity index (χ3v) is 6.87. The van der Waals surface area contributed by atoms with Gasteiger partial charge in [0.2, 0.25) is 21.8 Å². The second-order valence-corrected chi connectivity index (χ2v) is 10.0. The molecule has 1 aromatic carbocycles. The van der Waals surface area contributed by atoms with Gasteiger partial charge in [0.1, 0.15) is 12.1 Å². The van der Waals surface area contributed by atoms with Gasteiger partial charge in [-0.3, -0.25) is 14.4 Å². The van der Waals surface area contributed by atoms with Crippen molar-refractivity contribution in [1.29, 1.82) is 0 Å². The number of nitrogens with zero attached hydrogens (tertiary/aromatic N) is 3. The van der Waals surface area contributed by atoms with Crippen LogP contribution in [0, 0.1) is 0 Å². The molecular weight excluding hydrogens is 422 g/mol. The van der Waals surface area contributed by atoms with E-state index in [2.05, 4.69) is 10.6 Å². The second-order valence-electron chi connectivity index (χ2n) is 8.08. The van der Waals surface area contributed by atoms with Gasteiger partial charge in [-0.2, -0.15) is 4.31 Å². The molecule has 2 aliphatic rings. The van der Waals surface area contributed by atoms with Crippen molar-refractivity contribution in [3.05, 3.63) is 29.8 Å². The fraction of sp³-hybridized carbons (Fsp3) is 0.550. The quantitative estimate of drug-likeness (QED) is 0.607. The predicted octanol–water partition coefficient (Wildman–Crippen LogP) is -0.767. The lowest BCUT2D eigenvalue weighted by Crippen LogP contribution is -2.63. The number of anilines is 1. The smallest absolute Gasteiger partial charge is 0.253 e. The maximum Gasteiger partial charge on any atom is 0.253 e. The van der Waals surface area contributed by atoms with E-state index in [-0.39, 0.29) is 31.4 Å². The number of hydrogen-bond acceptors (Lipinski definition) is 6. The number of piperidine rings is 1. The Morgan fingerprint density at radius 1 is 1.16 bits per heavy atom. The van der Waals surface area contributed by atoms with E-state index in [9.17, 15) is 22.8 Å². The summed E-state index contributed by atoms with van der Waals surface area (Å²) in [7, 11) is 0.125. The molecule has 0 aliphatic carbocycles. The Morgan fingerprint density at radius 3 is 2.42 bits per heavy atom. The average Bonchev–Trinajstić information content (AvgIpc) is 2.73. The van der Waals surface area contributed by atoms with Crippen LogP contribution in [0.2, 0.25) is 0 Å². The number of hydrogen-bond donors (Lipinski definition) is 2. The Bertz CT molecular complexity index is 947. The highest BCUT2D eigenvalue weighted by Crippen LogP contribution is 2.19. The summed E-state index contributed by atoms with van der Waals surface area (Å²) in [5.41, 5.74) is 1.41. The zero-order valence-corrected chi connectivity index (χ0v) is 18.8. The molecule has 170 valence electrons. The SMILES string of the molecule is CN(C)c1ccc(C(=O)N2CCN(S(C)(=O)=O)[C@H](C(=O)N[C@H]3CCCNC3=O)C2)cc1. The number of benzene rings is 1. The van der Waals surface area contributed by atoms with Gasteiger partial charge in [-0.25, -0.2) is 8.42 Å². The van der Waals surface area contributed by atoms with Crippen molar-refractivity contribution in [1.82, 2.24) is 19.8 Å². The first-order valence-corrected chi connectivity index (χ1v) is 12.0. The van der Waals surface area contributed by atoms with Crippen LogP contribution in [-0.4, -0.2) is 94.0 Å². The summed E-state index contributed by atoms with van der Waals surface area (Å²) in [4.78, 5) is 41.3. The van der Waals surface area contributed by atoms with Crippen LogP contribution < -0.4 is 15.5 Å². The fourth-order valence-electron chi connectivity index (χ4n) is 3.82. The Labute approximate surface area is 182 Å². The van der Waals surface area contributed by atoms with Gasteiger partial charge in [0.15, 0.2) is 0 Å². The van der Waals surface area contributed by atoms with Crippen molar-refractivity contribution in [2.45, 2.75) is 24.9 Å². The summed E-state index contributed by atoms with van der Waals surface area (Å²) in [5, 5.41) is 5.35. The lowest BCUT2D eigenvalue weighted by molar-refractivity contribution is -0.132. The molecule has 0 aromatic heterocycles. The summed E-state index contributed by atoms with van der Waals surface area (Å²) < 4.78 is 25.6. The Balaban J connectivity index is 1.77. The fourth-order valence-corrected chi connectivity index (χ4v) is 4.86. The third kappa shape index (κ3) is 5.34. The zero-order valence-electron chi connectivity index (χ0n) is 18.0. The lowest BCUT2D eigenvalue weighted by atomic mass is 10.1. The van der Waals surface area contributed by atoms with E-state index in [1.165, 1.54) is 4.90 Å². The highest BCUT2D eigenvalue weighted by Gasteiger charge is 2.40. The van der Waals surface area contributed by atoms with Gasteiger partial charge >= 0.3 is 0 Å². The maximum absolute atomic E-state index is 13.0. The van der Waals surface area contributed by atoms with Gasteiger partial charge in [-0.05, 0) is 37.1 Å². The lowest BCUT2D eigenvalue weighted by Gasteiger charge is -2.39. The molecule has 2 heterocycles. The number of rotatable bonds is 5. The molecule has 3 rings (SSSR count). The van der Waals surface area contributed by atoms with Gasteiger partial charge in [-0.1, -0.05) is 0 Å². The molecule has 31 heavy (non-hydrogen) atoms. The summed E-state index contributed by atoms with van der Waals surface area (Å²) in [6, 6.07) is 5.28. The molecule has 2 fully saturated rings. The normalized spacial score (nSPS) is 22.5. The van der Waals surface area contributed by atoms with Crippen LogP contribution in [0.5, 0.6) is 0 Å². The van der Waals surface area contributed by atoms with E-state index < -0.39 is 28.0 Å². The molecule has 0 bridgehead atoms. The molecule has 11 heteroatoms. The predicted molar refractivity (Wildman–Crippen MR) is 116 cm³/mol. The van der Waals surface area contributed by atoms with E-state index >= 15 is 0 Å². The Hall–Kier alpha value is -2.66. The monoisotopic (exact) mass is 451 g/mol. The number of sulfonamides is 1. The molecule has 0 unspecified atom stereocenters. The average molecular weight is 452 g/mol. The Morgan fingerprint density at radius 2 is 1.84 bits per heavy atom. The summed E-state index contributed by atoms with van der Waals surface area (Å²) in [5.74, 6) is -1.13. The highest BCUT2D eigenvalue weighted by molar-refractivity contribution is 7.88. The van der Waals surface area contributed by atoms with Gasteiger partial charge in [0.05, 0.1) is 6.26 Å². The van der Waals surface area contributed by atoms with Crippen LogP contribution in [-0.2, 0) is 19.6 Å². The topological polar surface area (TPSA) is 119 Å². The first-order chi connectivity index (χ1) is 14.6. The number of amides is 3. The minimum absolute atomic E-state index is 0.00923. The largest absolute Gasteiger partial charge is 0.378 e. The number of carbonyl (C=O) groups excluding carboxylic acids is 3. The van der Waals surface area contributed by atoms with Crippen molar-refractivity contribution >= 4 is 33.4 Å². The number of carbonyl (C=O) groups is 3. The van der Waals surface area contributed by atoms with Crippen LogP contribution in [0.15, 0.2) is 24.3 Å². The summed E-state index contributed by atoms with van der Waals surface area (Å²) in [6.45, 7) is 0.658. The molecule has 3 amide bonds. The zero-order chi connectivity index (χ0) is 22.8. The summed E-state index contributed by atoms with van der Waals surface area (Å²) in [6.07, 6.45) is 2.26. The van der Waals surface area contributed by atoms with Gasteiger partial charge in [0, 0.05) is 51.5 Å². The van der Waals surface area contributed by atoms with Crippen LogP contribution in [0.4, 0.5) is 5.69 Å². The standard InChI is InChI=1S/C20H29N5O5S/c1-23(2)15-8-6-14(7-9-15)20(28)24-11-12-25(31(3,29)30)17(13-24)19(27)22-16-5-4-10-21-18(16)26/h6-9,16-17H,4-5,10-13H2,1-3H3,(H,21,26)(H,22,27)/t16-,17-/m0/s1. The van der Waals surface area contributed by atoms with Crippen LogP contribution in [0.1, 0.15) is 23.2 Å². The third-order valence-electron chi connectivity index (χ3n) is 5.58. The molecule has 0 spiro atoms. The van der Waals surface area contributed by atoms with E-state index in [0.717, 1.165) is 22.7 Å². The molecule has 2 atom stereocenters. The Kier molecular flexibility index (Phi) is 6.85. The van der Waals surface area contributed by atoms with Crippen molar-refractivity contribution < 1.29 is 22.8 Å². The van der Waals surface area contributed by atoms with Crippen molar-refractivity contribution in [2.75, 3.05) is 51.4 Å².